The monoisotopic (exact) mass is 133 g/mol. The third-order valence-electron chi connectivity index (χ3n) is 1.72. The Kier molecular flexibility index (Phi) is 2.15. The van der Waals surface area contributed by atoms with E-state index in [2.05, 4.69) is 6.92 Å². The van der Waals surface area contributed by atoms with Crippen LogP contribution in [-0.4, -0.2) is 17.0 Å². The number of halogens is 1. The fourth-order valence-electron chi connectivity index (χ4n) is 1.06. The predicted molar refractivity (Wildman–Crippen MR) is 35.9 cm³/mol. The van der Waals surface area contributed by atoms with Crippen LogP contribution in [0.15, 0.2) is 0 Å². The smallest absolute Gasteiger partial charge is 0.0223 e. The van der Waals surface area contributed by atoms with Crippen LogP contribution in [0.4, 0.5) is 0 Å². The molecule has 1 nitrogen and oxygen atoms in total. The molecule has 1 heterocycles. The minimum atomic E-state index is 0.602. The first-order valence-electron chi connectivity index (χ1n) is 3.23. The molecule has 0 radical (unpaired) electrons. The first kappa shape index (κ1) is 6.37. The van der Waals surface area contributed by atoms with Crippen molar-refractivity contribution in [3.05, 3.63) is 0 Å². The van der Waals surface area contributed by atoms with E-state index in [4.69, 9.17) is 11.8 Å². The van der Waals surface area contributed by atoms with E-state index in [0.717, 1.165) is 6.54 Å². The summed E-state index contributed by atoms with van der Waals surface area (Å²) in [7, 11) is 0. The number of nitrogens with zero attached hydrogens (tertiary/aromatic N) is 1. The van der Waals surface area contributed by atoms with E-state index < -0.39 is 0 Å². The second-order valence-corrected chi connectivity index (χ2v) is 2.90. The highest BCUT2D eigenvalue weighted by Crippen LogP contribution is 2.17. The Morgan fingerprint density at radius 1 is 1.50 bits per heavy atom. The molecule has 1 fully saturated rings. The Morgan fingerprint density at radius 2 is 2.25 bits per heavy atom. The van der Waals surface area contributed by atoms with Gasteiger partial charge in [0.25, 0.3) is 0 Å². The molecular weight excluding hydrogens is 122 g/mol. The maximum Gasteiger partial charge on any atom is 0.0223 e. The zero-order valence-electron chi connectivity index (χ0n) is 5.23. The Balaban J connectivity index is 2.28. The van der Waals surface area contributed by atoms with Crippen LogP contribution in [0.2, 0.25) is 0 Å². The van der Waals surface area contributed by atoms with Gasteiger partial charge >= 0.3 is 0 Å². The summed E-state index contributed by atoms with van der Waals surface area (Å²) in [4.78, 5) is 0. The highest BCUT2D eigenvalue weighted by atomic mass is 35.5. The summed E-state index contributed by atoms with van der Waals surface area (Å²) in [6, 6.07) is 0.602. The third-order valence-corrected chi connectivity index (χ3v) is 2.22. The molecule has 1 aliphatic rings. The molecule has 1 saturated heterocycles. The van der Waals surface area contributed by atoms with Gasteiger partial charge < -0.3 is 0 Å². The quantitative estimate of drug-likeness (QED) is 0.457. The van der Waals surface area contributed by atoms with Gasteiger partial charge in [-0.3, -0.25) is 0 Å². The topological polar surface area (TPSA) is 3.24 Å². The van der Waals surface area contributed by atoms with E-state index >= 15 is 0 Å². The van der Waals surface area contributed by atoms with Crippen molar-refractivity contribution < 1.29 is 0 Å². The maximum atomic E-state index is 5.80. The standard InChI is InChI=1S/C6H12ClN/c1-6-4-2-3-5-8(6)7/h6H,2-5H2,1H3. The predicted octanol–water partition coefficient (Wildman–Crippen LogP) is 2.01. The van der Waals surface area contributed by atoms with E-state index in [-0.39, 0.29) is 0 Å². The fraction of sp³-hybridized carbons (Fsp3) is 1.00. The summed E-state index contributed by atoms with van der Waals surface area (Å²) in [5.74, 6) is 0. The van der Waals surface area contributed by atoms with Gasteiger partial charge in [0, 0.05) is 12.6 Å². The van der Waals surface area contributed by atoms with Crippen LogP contribution in [0.25, 0.3) is 0 Å². The molecule has 0 aromatic heterocycles. The molecule has 0 aromatic rings. The molecule has 48 valence electrons. The lowest BCUT2D eigenvalue weighted by atomic mass is 10.1. The van der Waals surface area contributed by atoms with Crippen LogP contribution in [-0.2, 0) is 0 Å². The lowest BCUT2D eigenvalue weighted by molar-refractivity contribution is 0.281. The van der Waals surface area contributed by atoms with Gasteiger partial charge in [-0.25, -0.2) is 4.42 Å². The number of rotatable bonds is 0. The highest BCUT2D eigenvalue weighted by molar-refractivity contribution is 6.13. The van der Waals surface area contributed by atoms with Crippen LogP contribution >= 0.6 is 11.8 Å². The van der Waals surface area contributed by atoms with Gasteiger partial charge in [-0.2, -0.15) is 0 Å². The van der Waals surface area contributed by atoms with Crippen LogP contribution in [0, 0.1) is 0 Å². The van der Waals surface area contributed by atoms with Gasteiger partial charge in [-0.1, -0.05) is 6.42 Å². The van der Waals surface area contributed by atoms with Gasteiger partial charge in [0.2, 0.25) is 0 Å². The summed E-state index contributed by atoms with van der Waals surface area (Å²) < 4.78 is 1.91. The molecule has 1 atom stereocenters. The minimum absolute atomic E-state index is 0.602. The number of hydrogen-bond donors (Lipinski definition) is 0. The second kappa shape index (κ2) is 2.70. The van der Waals surface area contributed by atoms with Crippen molar-refractivity contribution in [3.8, 4) is 0 Å². The summed E-state index contributed by atoms with van der Waals surface area (Å²) in [6.45, 7) is 3.24. The molecule has 0 N–H and O–H groups in total. The molecule has 0 amide bonds. The van der Waals surface area contributed by atoms with Gasteiger partial charge in [-0.15, -0.1) is 0 Å². The van der Waals surface area contributed by atoms with Crippen molar-refractivity contribution in [3.63, 3.8) is 0 Å². The lowest BCUT2D eigenvalue weighted by Crippen LogP contribution is -2.29. The Labute approximate surface area is 55.7 Å². The summed E-state index contributed by atoms with van der Waals surface area (Å²) in [6.07, 6.45) is 3.89. The molecule has 0 aromatic carbocycles. The summed E-state index contributed by atoms with van der Waals surface area (Å²) in [5, 5.41) is 0. The van der Waals surface area contributed by atoms with Crippen molar-refractivity contribution in [2.75, 3.05) is 6.54 Å². The molecule has 0 aliphatic carbocycles. The average molecular weight is 134 g/mol. The molecule has 2 heteroatoms. The summed E-state index contributed by atoms with van der Waals surface area (Å²) in [5.41, 5.74) is 0. The zero-order chi connectivity index (χ0) is 5.98. The normalized spacial score (nSPS) is 33.0. The minimum Gasteiger partial charge on any atom is -0.217 e. The zero-order valence-corrected chi connectivity index (χ0v) is 5.99. The van der Waals surface area contributed by atoms with Crippen molar-refractivity contribution >= 4 is 11.8 Å². The molecular formula is C6H12ClN. The Hall–Kier alpha value is 0.250. The SMILES string of the molecule is CC1CCCCN1Cl. The molecule has 0 spiro atoms. The maximum absolute atomic E-state index is 5.80. The fourth-order valence-corrected chi connectivity index (χ4v) is 1.28. The largest absolute Gasteiger partial charge is 0.217 e. The Bertz CT molecular complexity index is 64.9. The Morgan fingerprint density at radius 3 is 2.62 bits per heavy atom. The van der Waals surface area contributed by atoms with Crippen molar-refractivity contribution in [1.82, 2.24) is 4.42 Å². The van der Waals surface area contributed by atoms with Gasteiger partial charge in [-0.05, 0) is 31.5 Å². The number of piperidine rings is 1. The van der Waals surface area contributed by atoms with E-state index in [1.807, 2.05) is 4.42 Å². The molecule has 8 heavy (non-hydrogen) atoms. The van der Waals surface area contributed by atoms with Gasteiger partial charge in [0.05, 0.1) is 0 Å². The molecule has 1 rings (SSSR count). The van der Waals surface area contributed by atoms with Crippen molar-refractivity contribution in [1.29, 1.82) is 0 Å². The molecule has 0 bridgehead atoms. The molecule has 1 unspecified atom stereocenters. The van der Waals surface area contributed by atoms with Crippen LogP contribution in [0.5, 0.6) is 0 Å². The van der Waals surface area contributed by atoms with E-state index in [1.54, 1.807) is 0 Å². The van der Waals surface area contributed by atoms with Gasteiger partial charge in [0.1, 0.15) is 0 Å². The van der Waals surface area contributed by atoms with E-state index in [1.165, 1.54) is 19.3 Å². The van der Waals surface area contributed by atoms with Crippen molar-refractivity contribution in [2.24, 2.45) is 0 Å². The van der Waals surface area contributed by atoms with Crippen molar-refractivity contribution in [2.45, 2.75) is 32.2 Å². The van der Waals surface area contributed by atoms with Crippen LogP contribution in [0.1, 0.15) is 26.2 Å². The van der Waals surface area contributed by atoms with Gasteiger partial charge in [0.15, 0.2) is 0 Å². The molecule has 1 aliphatic heterocycles. The lowest BCUT2D eigenvalue weighted by Gasteiger charge is -2.26. The van der Waals surface area contributed by atoms with E-state index in [0.29, 0.717) is 6.04 Å². The second-order valence-electron chi connectivity index (χ2n) is 2.47. The number of hydrogen-bond acceptors (Lipinski definition) is 1. The molecule has 0 saturated carbocycles. The highest BCUT2D eigenvalue weighted by Gasteiger charge is 2.14. The van der Waals surface area contributed by atoms with Crippen LogP contribution in [0.3, 0.4) is 0 Å². The first-order chi connectivity index (χ1) is 3.80. The summed E-state index contributed by atoms with van der Waals surface area (Å²) >= 11 is 5.80. The average Bonchev–Trinajstić information content (AvgIpc) is 1.77. The van der Waals surface area contributed by atoms with Crippen LogP contribution < -0.4 is 0 Å². The third kappa shape index (κ3) is 1.36. The van der Waals surface area contributed by atoms with E-state index in [9.17, 15) is 0 Å². The first-order valence-corrected chi connectivity index (χ1v) is 3.57.